The third kappa shape index (κ3) is 2.46. The van der Waals surface area contributed by atoms with Crippen molar-refractivity contribution in [2.75, 3.05) is 0 Å². The predicted octanol–water partition coefficient (Wildman–Crippen LogP) is 3.50. The Morgan fingerprint density at radius 1 is 1.20 bits per heavy atom. The van der Waals surface area contributed by atoms with Gasteiger partial charge in [0.1, 0.15) is 10.7 Å². The smallest absolute Gasteiger partial charge is 0.127 e. The summed E-state index contributed by atoms with van der Waals surface area (Å²) in [5, 5.41) is 4.65. The minimum Gasteiger partial charge on any atom is -0.472 e. The van der Waals surface area contributed by atoms with Gasteiger partial charge in [-0.3, -0.25) is 0 Å². The largest absolute Gasteiger partial charge is 0.472 e. The predicted molar refractivity (Wildman–Crippen MR) is 80.9 cm³/mol. The summed E-state index contributed by atoms with van der Waals surface area (Å²) in [7, 11) is 0. The Bertz CT molecular complexity index is 731. The Labute approximate surface area is 121 Å². The molecule has 0 spiro atoms. The lowest BCUT2D eigenvalue weighted by atomic mass is 10.1. The third-order valence-electron chi connectivity index (χ3n) is 3.38. The van der Waals surface area contributed by atoms with Crippen molar-refractivity contribution >= 4 is 21.6 Å². The zero-order valence-electron chi connectivity index (χ0n) is 11.9. The van der Waals surface area contributed by atoms with Crippen molar-refractivity contribution in [3.63, 3.8) is 0 Å². The van der Waals surface area contributed by atoms with Gasteiger partial charge in [-0.2, -0.15) is 0 Å². The quantitative estimate of drug-likeness (QED) is 0.798. The molecule has 4 nitrogen and oxygen atoms in total. The van der Waals surface area contributed by atoms with Crippen LogP contribution in [-0.4, -0.2) is 9.97 Å². The Hall–Kier alpha value is -1.72. The number of aryl methyl sites for hydroxylation is 3. The molecule has 0 radical (unpaired) electrons. The normalized spacial score (nSPS) is 11.3. The molecular weight excluding hydrogens is 270 g/mol. The second-order valence-corrected chi connectivity index (χ2v) is 6.01. The number of rotatable bonds is 4. The lowest BCUT2D eigenvalue weighted by Gasteiger charge is -2.02. The molecule has 3 aromatic rings. The van der Waals surface area contributed by atoms with Gasteiger partial charge in [0.05, 0.1) is 12.5 Å². The maximum Gasteiger partial charge on any atom is 0.127 e. The van der Waals surface area contributed by atoms with Gasteiger partial charge in [0.15, 0.2) is 0 Å². The summed E-state index contributed by atoms with van der Waals surface area (Å²) in [6.45, 7) is 7.81. The SMILES string of the molecule is Cc1nc(C)c2c(C)c(CNCc3ccoc3)sc2n1. The Morgan fingerprint density at radius 3 is 2.80 bits per heavy atom. The van der Waals surface area contributed by atoms with Gasteiger partial charge in [0.25, 0.3) is 0 Å². The summed E-state index contributed by atoms with van der Waals surface area (Å²) in [4.78, 5) is 11.4. The molecule has 5 heteroatoms. The van der Waals surface area contributed by atoms with Crippen molar-refractivity contribution in [3.05, 3.63) is 46.1 Å². The second kappa shape index (κ2) is 5.34. The van der Waals surface area contributed by atoms with Gasteiger partial charge in [-0.05, 0) is 32.4 Å². The topological polar surface area (TPSA) is 51.0 Å². The average molecular weight is 287 g/mol. The summed E-state index contributed by atoms with van der Waals surface area (Å²) in [6.07, 6.45) is 3.47. The zero-order chi connectivity index (χ0) is 14.1. The molecule has 1 N–H and O–H groups in total. The van der Waals surface area contributed by atoms with Crippen LogP contribution in [0.5, 0.6) is 0 Å². The molecule has 0 aliphatic carbocycles. The Balaban J connectivity index is 1.81. The van der Waals surface area contributed by atoms with E-state index in [1.807, 2.05) is 13.0 Å². The summed E-state index contributed by atoms with van der Waals surface area (Å²) in [6, 6.07) is 1.98. The van der Waals surface area contributed by atoms with E-state index >= 15 is 0 Å². The molecule has 0 bridgehead atoms. The van der Waals surface area contributed by atoms with Gasteiger partial charge < -0.3 is 9.73 Å². The van der Waals surface area contributed by atoms with Crippen LogP contribution in [0.1, 0.15) is 27.5 Å². The maximum atomic E-state index is 5.06. The number of nitrogens with one attached hydrogen (secondary N) is 1. The molecule has 20 heavy (non-hydrogen) atoms. The second-order valence-electron chi connectivity index (χ2n) is 4.92. The van der Waals surface area contributed by atoms with E-state index in [2.05, 4.69) is 29.1 Å². The van der Waals surface area contributed by atoms with Crippen LogP contribution in [-0.2, 0) is 13.1 Å². The first-order valence-electron chi connectivity index (χ1n) is 6.60. The maximum absolute atomic E-state index is 5.06. The summed E-state index contributed by atoms with van der Waals surface area (Å²) < 4.78 is 5.06. The fourth-order valence-electron chi connectivity index (χ4n) is 2.40. The highest BCUT2D eigenvalue weighted by Gasteiger charge is 2.12. The van der Waals surface area contributed by atoms with E-state index < -0.39 is 0 Å². The van der Waals surface area contributed by atoms with Crippen molar-refractivity contribution in [1.29, 1.82) is 0 Å². The first-order chi connectivity index (χ1) is 9.65. The van der Waals surface area contributed by atoms with Gasteiger partial charge in [-0.25, -0.2) is 9.97 Å². The van der Waals surface area contributed by atoms with Crippen molar-refractivity contribution in [1.82, 2.24) is 15.3 Å². The van der Waals surface area contributed by atoms with Crippen LogP contribution in [0.2, 0.25) is 0 Å². The van der Waals surface area contributed by atoms with E-state index in [1.54, 1.807) is 23.9 Å². The number of furan rings is 1. The van der Waals surface area contributed by atoms with E-state index in [4.69, 9.17) is 4.42 Å². The van der Waals surface area contributed by atoms with E-state index in [0.717, 1.165) is 35.0 Å². The molecule has 0 aliphatic heterocycles. The van der Waals surface area contributed by atoms with Crippen LogP contribution in [0.4, 0.5) is 0 Å². The van der Waals surface area contributed by atoms with Gasteiger partial charge >= 0.3 is 0 Å². The third-order valence-corrected chi connectivity index (χ3v) is 4.56. The molecule has 0 unspecified atom stereocenters. The van der Waals surface area contributed by atoms with Crippen LogP contribution in [0.3, 0.4) is 0 Å². The molecule has 0 amide bonds. The molecule has 0 aliphatic rings. The molecule has 0 saturated carbocycles. The molecule has 3 aromatic heterocycles. The van der Waals surface area contributed by atoms with E-state index in [1.165, 1.54) is 15.8 Å². The van der Waals surface area contributed by atoms with Crippen LogP contribution < -0.4 is 5.32 Å². The summed E-state index contributed by atoms with van der Waals surface area (Å²) in [5.74, 6) is 0.842. The highest BCUT2D eigenvalue weighted by molar-refractivity contribution is 7.18. The lowest BCUT2D eigenvalue weighted by molar-refractivity contribution is 0.560. The summed E-state index contributed by atoms with van der Waals surface area (Å²) in [5.41, 5.74) is 3.53. The number of hydrogen-bond donors (Lipinski definition) is 1. The number of hydrogen-bond acceptors (Lipinski definition) is 5. The van der Waals surface area contributed by atoms with E-state index in [9.17, 15) is 0 Å². The van der Waals surface area contributed by atoms with Crippen molar-refractivity contribution in [3.8, 4) is 0 Å². The fraction of sp³-hybridized carbons (Fsp3) is 0.333. The average Bonchev–Trinajstić information content (AvgIpc) is 2.98. The standard InChI is InChI=1S/C15H17N3OS/c1-9-13(7-16-6-12-4-5-19-8-12)20-15-14(9)10(2)17-11(3)18-15/h4-5,8,16H,6-7H2,1-3H3. The number of fused-ring (bicyclic) bond motifs is 1. The van der Waals surface area contributed by atoms with Gasteiger partial charge in [0, 0.05) is 34.6 Å². The molecule has 3 rings (SSSR count). The minimum absolute atomic E-state index is 0.813. The molecular formula is C15H17N3OS. The van der Waals surface area contributed by atoms with Crippen LogP contribution >= 0.6 is 11.3 Å². The van der Waals surface area contributed by atoms with Gasteiger partial charge in [-0.1, -0.05) is 0 Å². The van der Waals surface area contributed by atoms with E-state index in [-0.39, 0.29) is 0 Å². The molecule has 0 aromatic carbocycles. The Kier molecular flexibility index (Phi) is 3.54. The highest BCUT2D eigenvalue weighted by Crippen LogP contribution is 2.31. The van der Waals surface area contributed by atoms with Crippen molar-refractivity contribution < 1.29 is 4.42 Å². The van der Waals surface area contributed by atoms with Crippen LogP contribution in [0, 0.1) is 20.8 Å². The van der Waals surface area contributed by atoms with Crippen LogP contribution in [0.15, 0.2) is 23.0 Å². The zero-order valence-corrected chi connectivity index (χ0v) is 12.7. The number of nitrogens with zero attached hydrogens (tertiary/aromatic N) is 2. The van der Waals surface area contributed by atoms with Gasteiger partial charge in [-0.15, -0.1) is 11.3 Å². The number of thiophene rings is 1. The first-order valence-corrected chi connectivity index (χ1v) is 7.42. The van der Waals surface area contributed by atoms with E-state index in [0.29, 0.717) is 0 Å². The fourth-order valence-corrected chi connectivity index (χ4v) is 3.65. The molecule has 104 valence electrons. The first kappa shape index (κ1) is 13.3. The molecule has 0 fully saturated rings. The highest BCUT2D eigenvalue weighted by atomic mass is 32.1. The number of aromatic nitrogens is 2. The lowest BCUT2D eigenvalue weighted by Crippen LogP contribution is -2.11. The molecule has 0 saturated heterocycles. The summed E-state index contributed by atoms with van der Waals surface area (Å²) >= 11 is 1.75. The Morgan fingerprint density at radius 2 is 2.05 bits per heavy atom. The minimum atomic E-state index is 0.813. The van der Waals surface area contributed by atoms with Crippen molar-refractivity contribution in [2.45, 2.75) is 33.9 Å². The molecule has 0 atom stereocenters. The van der Waals surface area contributed by atoms with Crippen LogP contribution in [0.25, 0.3) is 10.2 Å². The molecule has 3 heterocycles. The van der Waals surface area contributed by atoms with Crippen molar-refractivity contribution in [2.24, 2.45) is 0 Å². The monoisotopic (exact) mass is 287 g/mol. The van der Waals surface area contributed by atoms with Gasteiger partial charge in [0.2, 0.25) is 0 Å².